The maximum Gasteiger partial charge on any atom is 0.0703 e. The second kappa shape index (κ2) is 18.6. The van der Waals surface area contributed by atoms with Crippen molar-refractivity contribution in [1.82, 2.24) is 15.0 Å². The van der Waals surface area contributed by atoms with Crippen molar-refractivity contribution in [2.75, 3.05) is 0 Å². The van der Waals surface area contributed by atoms with Crippen LogP contribution in [0.2, 0.25) is 0 Å². The molecule has 0 unspecified atom stereocenters. The Hall–Kier alpha value is -1.36. The van der Waals surface area contributed by atoms with Gasteiger partial charge >= 0.3 is 0 Å². The van der Waals surface area contributed by atoms with Gasteiger partial charge in [0, 0.05) is 82.2 Å². The molecule has 0 atom stereocenters. The number of nitrogens with zero attached hydrogens (tertiary/aromatic N) is 3. The summed E-state index contributed by atoms with van der Waals surface area (Å²) in [6, 6.07) is 36.2. The van der Waals surface area contributed by atoms with E-state index in [-0.39, 0.29) is 20.1 Å². The Morgan fingerprint density at radius 3 is 0.814 bits per heavy atom. The zero-order valence-electron chi connectivity index (χ0n) is 22.1. The second-order valence-electron chi connectivity index (χ2n) is 8.62. The number of hydrogen-bond acceptors (Lipinski definition) is 3. The minimum atomic E-state index is 0. The summed E-state index contributed by atoms with van der Waals surface area (Å²) in [5, 5.41) is 0. The summed E-state index contributed by atoms with van der Waals surface area (Å²) in [6.07, 6.45) is 5.41. The van der Waals surface area contributed by atoms with Gasteiger partial charge in [0.15, 0.2) is 0 Å². The first-order valence-corrected chi connectivity index (χ1v) is 17.1. The number of pyridine rings is 3. The Labute approximate surface area is 315 Å². The number of halogens is 6. The van der Waals surface area contributed by atoms with Gasteiger partial charge in [-0.1, -0.05) is 84.2 Å². The van der Waals surface area contributed by atoms with E-state index in [0.29, 0.717) is 0 Å². The van der Waals surface area contributed by atoms with E-state index >= 15 is 0 Å². The van der Waals surface area contributed by atoms with Crippen molar-refractivity contribution < 1.29 is 20.1 Å². The maximum atomic E-state index is 4.32. The molecule has 1 radical (unpaired) electrons. The van der Waals surface area contributed by atoms with E-state index in [2.05, 4.69) is 129 Å². The normalized spacial score (nSPS) is 9.91. The van der Waals surface area contributed by atoms with Gasteiger partial charge in [-0.3, -0.25) is 15.0 Å². The number of rotatable bonds is 3. The predicted octanol–water partition coefficient (Wildman–Crippen LogP) is 12.8. The Bertz CT molecular complexity index is 1530. The van der Waals surface area contributed by atoms with E-state index in [0.717, 1.165) is 60.6 Å². The second-order valence-corrected chi connectivity index (χ2v) is 14.1. The van der Waals surface area contributed by atoms with Gasteiger partial charge in [-0.2, -0.15) is 0 Å². The SMILES string of the molecule is Brc1ccc(-c2cccc(Br)c2)nc1.Brc1ccc(-c2cccc(Br)c2)nc1.Brc1ccc(-c2cccc(Br)c2)nc1.[Ir]. The van der Waals surface area contributed by atoms with Gasteiger partial charge in [0.2, 0.25) is 0 Å². The van der Waals surface area contributed by atoms with Gasteiger partial charge in [0.05, 0.1) is 17.1 Å². The zero-order chi connectivity index (χ0) is 29.9. The van der Waals surface area contributed by atoms with E-state index in [1.807, 2.05) is 91.0 Å². The van der Waals surface area contributed by atoms with Gasteiger partial charge < -0.3 is 0 Å². The molecule has 0 aliphatic carbocycles. The summed E-state index contributed by atoms with van der Waals surface area (Å²) in [6.45, 7) is 0. The fraction of sp³-hybridized carbons (Fsp3) is 0. The zero-order valence-corrected chi connectivity index (χ0v) is 34.0. The van der Waals surface area contributed by atoms with Crippen LogP contribution in [0.15, 0.2) is 155 Å². The summed E-state index contributed by atoms with van der Waals surface area (Å²) < 4.78 is 6.20. The Morgan fingerprint density at radius 2 is 0.605 bits per heavy atom. The van der Waals surface area contributed by atoms with Crippen molar-refractivity contribution in [2.24, 2.45) is 0 Å². The smallest absolute Gasteiger partial charge is 0.0703 e. The molecule has 0 fully saturated rings. The molecule has 219 valence electrons. The van der Waals surface area contributed by atoms with E-state index in [1.165, 1.54) is 0 Å². The summed E-state index contributed by atoms with van der Waals surface area (Å²) in [7, 11) is 0. The average Bonchev–Trinajstić information content (AvgIpc) is 2.99. The quantitative estimate of drug-likeness (QED) is 0.177. The Morgan fingerprint density at radius 1 is 0.326 bits per heavy atom. The molecule has 43 heavy (non-hydrogen) atoms. The van der Waals surface area contributed by atoms with Crippen LogP contribution in [-0.4, -0.2) is 15.0 Å². The number of hydrogen-bond donors (Lipinski definition) is 0. The first-order valence-electron chi connectivity index (χ1n) is 12.4. The topological polar surface area (TPSA) is 38.7 Å². The predicted molar refractivity (Wildman–Crippen MR) is 195 cm³/mol. The molecule has 6 aromatic rings. The van der Waals surface area contributed by atoms with E-state index in [9.17, 15) is 0 Å². The van der Waals surface area contributed by atoms with Gasteiger partial charge in [0.1, 0.15) is 0 Å². The van der Waals surface area contributed by atoms with Crippen molar-refractivity contribution in [3.8, 4) is 33.8 Å². The molecule has 0 aliphatic heterocycles. The molecule has 3 nitrogen and oxygen atoms in total. The minimum Gasteiger partial charge on any atom is -0.255 e. The van der Waals surface area contributed by atoms with Gasteiger partial charge in [-0.05, 0) is 121 Å². The molecule has 3 heterocycles. The summed E-state index contributed by atoms with van der Waals surface area (Å²) >= 11 is 20.4. The largest absolute Gasteiger partial charge is 0.255 e. The van der Waals surface area contributed by atoms with Crippen LogP contribution >= 0.6 is 95.6 Å². The Kier molecular flexibility index (Phi) is 15.6. The van der Waals surface area contributed by atoms with Crippen molar-refractivity contribution in [1.29, 1.82) is 0 Å². The van der Waals surface area contributed by atoms with Crippen LogP contribution in [0.5, 0.6) is 0 Å². The molecule has 0 bridgehead atoms. The Balaban J connectivity index is 0.000000175. The third-order valence-corrected chi connectivity index (χ3v) is 8.43. The van der Waals surface area contributed by atoms with Crippen molar-refractivity contribution in [3.05, 3.63) is 155 Å². The van der Waals surface area contributed by atoms with Gasteiger partial charge in [-0.15, -0.1) is 0 Å². The molecular formula is C33H21Br6IrN3. The molecule has 0 aliphatic rings. The number of benzene rings is 3. The van der Waals surface area contributed by atoms with Crippen LogP contribution in [-0.2, 0) is 20.1 Å². The molecule has 0 N–H and O–H groups in total. The molecule has 10 heteroatoms. The molecular weight excluding hydrogens is 1110 g/mol. The molecule has 0 saturated carbocycles. The van der Waals surface area contributed by atoms with E-state index in [4.69, 9.17) is 0 Å². The molecule has 6 rings (SSSR count). The molecule has 3 aromatic carbocycles. The summed E-state index contributed by atoms with van der Waals surface area (Å²) in [5.41, 5.74) is 6.30. The van der Waals surface area contributed by atoms with Crippen LogP contribution in [0, 0.1) is 0 Å². The van der Waals surface area contributed by atoms with Gasteiger partial charge in [0.25, 0.3) is 0 Å². The molecule has 3 aromatic heterocycles. The van der Waals surface area contributed by atoms with E-state index in [1.54, 1.807) is 18.6 Å². The third kappa shape index (κ3) is 12.2. The van der Waals surface area contributed by atoms with Crippen LogP contribution < -0.4 is 0 Å². The minimum absolute atomic E-state index is 0. The molecule has 0 saturated heterocycles. The van der Waals surface area contributed by atoms with Crippen LogP contribution in [0.4, 0.5) is 0 Å². The van der Waals surface area contributed by atoms with E-state index < -0.39 is 0 Å². The van der Waals surface area contributed by atoms with Crippen LogP contribution in [0.3, 0.4) is 0 Å². The summed E-state index contributed by atoms with van der Waals surface area (Å²) in [5.74, 6) is 0. The first-order chi connectivity index (χ1) is 20.3. The standard InChI is InChI=1S/3C11H7Br2N.Ir/c3*12-9-3-1-2-8(6-9)11-5-4-10(13)7-14-11;/h3*1-7H;. The van der Waals surface area contributed by atoms with Crippen molar-refractivity contribution in [2.45, 2.75) is 0 Å². The van der Waals surface area contributed by atoms with Crippen molar-refractivity contribution >= 4 is 95.6 Å². The van der Waals surface area contributed by atoms with Crippen LogP contribution in [0.1, 0.15) is 0 Å². The summed E-state index contributed by atoms with van der Waals surface area (Å²) in [4.78, 5) is 13.0. The van der Waals surface area contributed by atoms with Gasteiger partial charge in [-0.25, -0.2) is 0 Å². The fourth-order valence-corrected chi connectivity index (χ4v) is 5.48. The third-order valence-electron chi connectivity index (χ3n) is 5.54. The van der Waals surface area contributed by atoms with Crippen LogP contribution in [0.25, 0.3) is 33.8 Å². The van der Waals surface area contributed by atoms with Crippen molar-refractivity contribution in [3.63, 3.8) is 0 Å². The first kappa shape index (κ1) is 36.1. The molecule has 0 spiro atoms. The molecule has 0 amide bonds. The monoisotopic (exact) mass is 1130 g/mol. The maximum absolute atomic E-state index is 4.32. The average molecular weight is 1130 g/mol. The fourth-order valence-electron chi connectivity index (χ4n) is 3.58. The number of aromatic nitrogens is 3.